The molecular formula is C17H27ClN2O2. The molecule has 0 bridgehead atoms. The number of hydrogen-bond donors (Lipinski definition) is 2. The van der Waals surface area contributed by atoms with Crippen LogP contribution >= 0.6 is 11.6 Å². The van der Waals surface area contributed by atoms with Crippen molar-refractivity contribution in [2.45, 2.75) is 32.1 Å². The number of carbonyl (C=O) groups excluding carboxylic acids is 1. The zero-order valence-electron chi connectivity index (χ0n) is 13.7. The zero-order chi connectivity index (χ0) is 16.4. The Hall–Kier alpha value is -1.10. The molecule has 1 aromatic rings. The quantitative estimate of drug-likeness (QED) is 0.650. The largest absolute Gasteiger partial charge is 0.383 e. The van der Waals surface area contributed by atoms with Crippen molar-refractivity contribution in [3.05, 3.63) is 34.9 Å². The highest BCUT2D eigenvalue weighted by atomic mass is 35.5. The van der Waals surface area contributed by atoms with Gasteiger partial charge in [0.1, 0.15) is 0 Å². The molecule has 0 saturated carbocycles. The molecule has 0 unspecified atom stereocenters. The first-order valence-corrected chi connectivity index (χ1v) is 8.18. The van der Waals surface area contributed by atoms with Crippen molar-refractivity contribution in [1.82, 2.24) is 10.6 Å². The first-order valence-electron chi connectivity index (χ1n) is 7.80. The molecule has 0 heterocycles. The van der Waals surface area contributed by atoms with Crippen molar-refractivity contribution < 1.29 is 9.53 Å². The molecular weight excluding hydrogens is 300 g/mol. The summed E-state index contributed by atoms with van der Waals surface area (Å²) in [5.74, 6) is 0.0105. The Labute approximate surface area is 138 Å². The number of hydrogen-bond acceptors (Lipinski definition) is 3. The third-order valence-electron chi connectivity index (χ3n) is 4.20. The lowest BCUT2D eigenvalue weighted by atomic mass is 9.76. The fourth-order valence-electron chi connectivity index (χ4n) is 2.52. The van der Waals surface area contributed by atoms with Gasteiger partial charge in [-0.25, -0.2) is 0 Å². The molecule has 1 rings (SSSR count). The topological polar surface area (TPSA) is 50.4 Å². The minimum Gasteiger partial charge on any atom is -0.383 e. The Morgan fingerprint density at radius 3 is 2.41 bits per heavy atom. The predicted octanol–water partition coefficient (Wildman–Crippen LogP) is 2.75. The SMILES string of the molecule is CCC(CC)(CNC(=O)CNCCOC)c1ccc(Cl)cc1. The average Bonchev–Trinajstić information content (AvgIpc) is 2.54. The maximum Gasteiger partial charge on any atom is 0.233 e. The first kappa shape index (κ1) is 18.9. The van der Waals surface area contributed by atoms with E-state index in [1.165, 1.54) is 5.56 Å². The third-order valence-corrected chi connectivity index (χ3v) is 4.45. The summed E-state index contributed by atoms with van der Waals surface area (Å²) < 4.78 is 4.94. The molecule has 0 aliphatic heterocycles. The number of ether oxygens (including phenoxy) is 1. The highest BCUT2D eigenvalue weighted by molar-refractivity contribution is 6.30. The van der Waals surface area contributed by atoms with Gasteiger partial charge >= 0.3 is 0 Å². The Morgan fingerprint density at radius 1 is 1.23 bits per heavy atom. The molecule has 0 radical (unpaired) electrons. The van der Waals surface area contributed by atoms with Crippen LogP contribution < -0.4 is 10.6 Å². The maximum absolute atomic E-state index is 11.9. The Morgan fingerprint density at radius 2 is 1.86 bits per heavy atom. The van der Waals surface area contributed by atoms with Crippen LogP contribution in [0.5, 0.6) is 0 Å². The first-order chi connectivity index (χ1) is 10.6. The predicted molar refractivity (Wildman–Crippen MR) is 91.5 cm³/mol. The fraction of sp³-hybridized carbons (Fsp3) is 0.588. The second kappa shape index (κ2) is 9.82. The van der Waals surface area contributed by atoms with Crippen molar-refractivity contribution in [3.63, 3.8) is 0 Å². The van der Waals surface area contributed by atoms with E-state index in [-0.39, 0.29) is 11.3 Å². The van der Waals surface area contributed by atoms with Gasteiger partial charge in [0.15, 0.2) is 0 Å². The van der Waals surface area contributed by atoms with Gasteiger partial charge in [0, 0.05) is 30.6 Å². The van der Waals surface area contributed by atoms with Crippen LogP contribution in [0.25, 0.3) is 0 Å². The fourth-order valence-corrected chi connectivity index (χ4v) is 2.65. The highest BCUT2D eigenvalue weighted by Crippen LogP contribution is 2.31. The molecule has 5 heteroatoms. The van der Waals surface area contributed by atoms with Crippen molar-refractivity contribution >= 4 is 17.5 Å². The molecule has 0 saturated heterocycles. The summed E-state index contributed by atoms with van der Waals surface area (Å²) in [4.78, 5) is 11.9. The van der Waals surface area contributed by atoms with E-state index in [1.807, 2.05) is 12.1 Å². The van der Waals surface area contributed by atoms with Crippen molar-refractivity contribution in [1.29, 1.82) is 0 Å². The van der Waals surface area contributed by atoms with Crippen molar-refractivity contribution in [3.8, 4) is 0 Å². The Bertz CT molecular complexity index is 444. The number of nitrogens with one attached hydrogen (secondary N) is 2. The van der Waals surface area contributed by atoms with Crippen LogP contribution in [0, 0.1) is 0 Å². The molecule has 0 aliphatic carbocycles. The number of methoxy groups -OCH3 is 1. The van der Waals surface area contributed by atoms with E-state index < -0.39 is 0 Å². The van der Waals surface area contributed by atoms with Crippen molar-refractivity contribution in [2.24, 2.45) is 0 Å². The Kier molecular flexibility index (Phi) is 8.46. The van der Waals surface area contributed by atoms with E-state index in [9.17, 15) is 4.79 Å². The minimum absolute atomic E-state index is 0.0105. The number of halogens is 1. The van der Waals surface area contributed by atoms with Gasteiger partial charge in [0.05, 0.1) is 13.2 Å². The van der Waals surface area contributed by atoms with Gasteiger partial charge < -0.3 is 15.4 Å². The van der Waals surface area contributed by atoms with Crippen LogP contribution in [0.2, 0.25) is 5.02 Å². The Balaban J connectivity index is 2.60. The van der Waals surface area contributed by atoms with Crippen LogP contribution in [0.3, 0.4) is 0 Å². The zero-order valence-corrected chi connectivity index (χ0v) is 14.5. The molecule has 1 amide bonds. The monoisotopic (exact) mass is 326 g/mol. The lowest BCUT2D eigenvalue weighted by molar-refractivity contribution is -0.120. The maximum atomic E-state index is 11.9. The second-order valence-electron chi connectivity index (χ2n) is 5.44. The number of carbonyl (C=O) groups is 1. The average molecular weight is 327 g/mol. The molecule has 0 atom stereocenters. The van der Waals surface area contributed by atoms with Crippen LogP contribution in [-0.4, -0.2) is 39.3 Å². The summed E-state index contributed by atoms with van der Waals surface area (Å²) in [5, 5.41) is 6.82. The van der Waals surface area contributed by atoms with Gasteiger partial charge in [-0.2, -0.15) is 0 Å². The summed E-state index contributed by atoms with van der Waals surface area (Å²) in [5.41, 5.74) is 1.17. The summed E-state index contributed by atoms with van der Waals surface area (Å²) in [7, 11) is 1.64. The summed E-state index contributed by atoms with van der Waals surface area (Å²) in [6.45, 7) is 6.53. The van der Waals surface area contributed by atoms with E-state index in [4.69, 9.17) is 16.3 Å². The second-order valence-corrected chi connectivity index (χ2v) is 5.88. The summed E-state index contributed by atoms with van der Waals surface area (Å²) in [6.07, 6.45) is 1.92. The molecule has 0 fully saturated rings. The van der Waals surface area contributed by atoms with Gasteiger partial charge in [0.25, 0.3) is 0 Å². The van der Waals surface area contributed by atoms with E-state index >= 15 is 0 Å². The molecule has 4 nitrogen and oxygen atoms in total. The molecule has 0 aliphatic rings. The van der Waals surface area contributed by atoms with Gasteiger partial charge in [-0.05, 0) is 30.5 Å². The lowest BCUT2D eigenvalue weighted by Crippen LogP contribution is -2.43. The highest BCUT2D eigenvalue weighted by Gasteiger charge is 2.28. The number of rotatable bonds is 10. The molecule has 1 aromatic carbocycles. The molecule has 22 heavy (non-hydrogen) atoms. The van der Waals surface area contributed by atoms with E-state index in [0.29, 0.717) is 26.2 Å². The summed E-state index contributed by atoms with van der Waals surface area (Å²) >= 11 is 5.97. The van der Waals surface area contributed by atoms with E-state index in [0.717, 1.165) is 17.9 Å². The van der Waals surface area contributed by atoms with Crippen molar-refractivity contribution in [2.75, 3.05) is 33.4 Å². The minimum atomic E-state index is -0.0488. The van der Waals surface area contributed by atoms with E-state index in [2.05, 4.69) is 36.6 Å². The molecule has 0 aromatic heterocycles. The molecule has 124 valence electrons. The van der Waals surface area contributed by atoms with Gasteiger partial charge in [-0.1, -0.05) is 37.6 Å². The standard InChI is InChI=1S/C17H27ClN2O2/c1-4-17(5-2,14-6-8-15(18)9-7-14)13-20-16(21)12-19-10-11-22-3/h6-9,19H,4-5,10-13H2,1-3H3,(H,20,21). The van der Waals surface area contributed by atoms with Crippen LogP contribution in [0.15, 0.2) is 24.3 Å². The number of amides is 1. The van der Waals surface area contributed by atoms with Gasteiger partial charge in [0.2, 0.25) is 5.91 Å². The third kappa shape index (κ3) is 5.59. The van der Waals surface area contributed by atoms with Gasteiger partial charge in [-0.15, -0.1) is 0 Å². The number of benzene rings is 1. The van der Waals surface area contributed by atoms with Crippen LogP contribution in [0.4, 0.5) is 0 Å². The van der Waals surface area contributed by atoms with Crippen LogP contribution in [-0.2, 0) is 14.9 Å². The van der Waals surface area contributed by atoms with Crippen LogP contribution in [0.1, 0.15) is 32.3 Å². The van der Waals surface area contributed by atoms with E-state index in [1.54, 1.807) is 7.11 Å². The normalized spacial score (nSPS) is 11.5. The van der Waals surface area contributed by atoms with Gasteiger partial charge in [-0.3, -0.25) is 4.79 Å². The lowest BCUT2D eigenvalue weighted by Gasteiger charge is -2.32. The summed E-state index contributed by atoms with van der Waals surface area (Å²) in [6, 6.07) is 7.92. The smallest absolute Gasteiger partial charge is 0.233 e. The molecule has 0 spiro atoms. The molecule has 2 N–H and O–H groups in total.